The smallest absolute Gasteiger partial charge is 0.0541 e. The Labute approximate surface area is 449 Å². The van der Waals surface area contributed by atoms with E-state index in [0.717, 1.165) is 28.3 Å². The summed E-state index contributed by atoms with van der Waals surface area (Å²) in [4.78, 5) is 2.40. The van der Waals surface area contributed by atoms with Gasteiger partial charge in [0, 0.05) is 38.9 Å². The first-order valence-corrected chi connectivity index (χ1v) is 26.8. The second kappa shape index (κ2) is 17.7. The highest BCUT2D eigenvalue weighted by Crippen LogP contribution is 2.50. The SMILES string of the molecule is CC1(C)c2ccccc2-c2ccc(-c3ccc4c(c3)c3cc(-c5ccc(N(c6ccc(-c7ccccc7)cc6)c6ccc7c8ccccc8c8ccccc8c7c6)cc5)ccc3n4-c3ccc(-c4ccccc4)cc3)cc21. The third-order valence-electron chi connectivity index (χ3n) is 16.6. The van der Waals surface area contributed by atoms with Gasteiger partial charge >= 0.3 is 0 Å². The molecule has 77 heavy (non-hydrogen) atoms. The third kappa shape index (κ3) is 7.32. The monoisotopic (exact) mass is 980 g/mol. The number of nitrogens with zero attached hydrogens (tertiary/aromatic N) is 2. The van der Waals surface area contributed by atoms with Crippen LogP contribution in [0.4, 0.5) is 17.1 Å². The van der Waals surface area contributed by atoms with Gasteiger partial charge in [-0.05, 0) is 178 Å². The first-order chi connectivity index (χ1) is 37.9. The number of anilines is 3. The van der Waals surface area contributed by atoms with Crippen LogP contribution in [-0.4, -0.2) is 4.57 Å². The summed E-state index contributed by atoms with van der Waals surface area (Å²) in [6.07, 6.45) is 0. The standard InChI is InChI=1S/C75H52N2/c1-75(2)71-24-14-13-23-66(71)67-41-31-56(47-72(67)75)55-33-44-74-70(46-55)69-45-54(32-43-73(69)77(74)59-38-27-52(28-39-59)50-17-7-4-8-18-50)53-29-36-58(37-30-53)76(57-34-25-51(26-35-57)49-15-5-3-6-16-49)60-40-42-65-63-21-10-9-19-61(63)62-20-11-12-22-64(62)68(65)48-60/h3-48H,1-2H3. The maximum absolute atomic E-state index is 2.44. The van der Waals surface area contributed by atoms with Gasteiger partial charge in [0.2, 0.25) is 0 Å². The van der Waals surface area contributed by atoms with Crippen molar-refractivity contribution < 1.29 is 0 Å². The van der Waals surface area contributed by atoms with E-state index in [-0.39, 0.29) is 5.41 Å². The molecule has 0 radical (unpaired) electrons. The lowest BCUT2D eigenvalue weighted by Gasteiger charge is -2.26. The van der Waals surface area contributed by atoms with E-state index in [1.165, 1.54) is 115 Å². The lowest BCUT2D eigenvalue weighted by Crippen LogP contribution is -2.14. The predicted octanol–water partition coefficient (Wildman–Crippen LogP) is 20.7. The number of hydrogen-bond acceptors (Lipinski definition) is 1. The van der Waals surface area contributed by atoms with Crippen LogP contribution in [0.25, 0.3) is 115 Å². The largest absolute Gasteiger partial charge is 0.310 e. The van der Waals surface area contributed by atoms with Crippen molar-refractivity contribution in [3.63, 3.8) is 0 Å². The maximum Gasteiger partial charge on any atom is 0.0541 e. The topological polar surface area (TPSA) is 8.17 Å². The summed E-state index contributed by atoms with van der Waals surface area (Å²) in [6, 6.07) is 103. The van der Waals surface area contributed by atoms with Gasteiger partial charge in [-0.3, -0.25) is 0 Å². The molecule has 0 bridgehead atoms. The average molecular weight is 981 g/mol. The second-order valence-electron chi connectivity index (χ2n) is 21.3. The predicted molar refractivity (Wildman–Crippen MR) is 327 cm³/mol. The number of benzene rings is 13. The van der Waals surface area contributed by atoms with Crippen LogP contribution in [0.2, 0.25) is 0 Å². The van der Waals surface area contributed by atoms with Gasteiger partial charge in [-0.25, -0.2) is 0 Å². The summed E-state index contributed by atoms with van der Waals surface area (Å²) in [5.41, 5.74) is 21.8. The van der Waals surface area contributed by atoms with E-state index in [9.17, 15) is 0 Å². The van der Waals surface area contributed by atoms with Crippen molar-refractivity contribution in [1.82, 2.24) is 4.57 Å². The first-order valence-electron chi connectivity index (χ1n) is 26.8. The van der Waals surface area contributed by atoms with Gasteiger partial charge in [-0.15, -0.1) is 0 Å². The van der Waals surface area contributed by atoms with Gasteiger partial charge in [0.25, 0.3) is 0 Å². The zero-order valence-corrected chi connectivity index (χ0v) is 43.0. The van der Waals surface area contributed by atoms with Crippen molar-refractivity contribution in [3.8, 4) is 61.3 Å². The van der Waals surface area contributed by atoms with E-state index in [0.29, 0.717) is 0 Å². The normalized spacial score (nSPS) is 12.6. The number of rotatable bonds is 8. The Morgan fingerprint density at radius 2 is 0.649 bits per heavy atom. The van der Waals surface area contributed by atoms with Crippen LogP contribution in [0.1, 0.15) is 25.0 Å². The molecule has 0 spiro atoms. The Morgan fingerprint density at radius 3 is 1.22 bits per heavy atom. The van der Waals surface area contributed by atoms with E-state index in [1.54, 1.807) is 0 Å². The fraction of sp³-hybridized carbons (Fsp3) is 0.0400. The van der Waals surface area contributed by atoms with Crippen molar-refractivity contribution in [2.45, 2.75) is 19.3 Å². The molecule has 362 valence electrons. The third-order valence-corrected chi connectivity index (χ3v) is 16.6. The van der Waals surface area contributed by atoms with Gasteiger partial charge in [0.05, 0.1) is 11.0 Å². The Hall–Kier alpha value is -9.76. The highest BCUT2D eigenvalue weighted by atomic mass is 15.1. The summed E-state index contributed by atoms with van der Waals surface area (Å²) in [5.74, 6) is 0. The van der Waals surface area contributed by atoms with Crippen LogP contribution in [0, 0.1) is 0 Å². The lowest BCUT2D eigenvalue weighted by atomic mass is 9.81. The van der Waals surface area contributed by atoms with Crippen molar-refractivity contribution >= 4 is 71.2 Å². The molecule has 2 heteroatoms. The van der Waals surface area contributed by atoms with Crippen molar-refractivity contribution in [2.75, 3.05) is 4.90 Å². The zero-order valence-electron chi connectivity index (χ0n) is 43.0. The van der Waals surface area contributed by atoms with Gasteiger partial charge < -0.3 is 9.47 Å². The molecule has 13 aromatic carbocycles. The molecule has 0 aliphatic heterocycles. The van der Waals surface area contributed by atoms with Gasteiger partial charge in [0.1, 0.15) is 0 Å². The minimum atomic E-state index is -0.0812. The quantitative estimate of drug-likeness (QED) is 0.138. The van der Waals surface area contributed by atoms with E-state index in [4.69, 9.17) is 0 Å². The molecule has 15 rings (SSSR count). The van der Waals surface area contributed by atoms with E-state index >= 15 is 0 Å². The van der Waals surface area contributed by atoms with Crippen LogP contribution in [0.15, 0.2) is 279 Å². The summed E-state index contributed by atoms with van der Waals surface area (Å²) in [7, 11) is 0. The average Bonchev–Trinajstić information content (AvgIpc) is 4.05. The van der Waals surface area contributed by atoms with Crippen LogP contribution in [-0.2, 0) is 5.41 Å². The highest BCUT2D eigenvalue weighted by molar-refractivity contribution is 6.26. The van der Waals surface area contributed by atoms with Gasteiger partial charge in [0.15, 0.2) is 0 Å². The highest BCUT2D eigenvalue weighted by Gasteiger charge is 2.35. The molecular weight excluding hydrogens is 929 g/mol. The molecule has 0 N–H and O–H groups in total. The van der Waals surface area contributed by atoms with Gasteiger partial charge in [-0.2, -0.15) is 0 Å². The van der Waals surface area contributed by atoms with E-state index in [2.05, 4.69) is 302 Å². The summed E-state index contributed by atoms with van der Waals surface area (Å²) in [6.45, 7) is 4.73. The second-order valence-corrected chi connectivity index (χ2v) is 21.3. The Morgan fingerprint density at radius 1 is 0.260 bits per heavy atom. The maximum atomic E-state index is 2.44. The van der Waals surface area contributed by atoms with Crippen molar-refractivity contribution in [2.24, 2.45) is 0 Å². The summed E-state index contributed by atoms with van der Waals surface area (Å²) in [5, 5.41) is 10.0. The number of hydrogen-bond donors (Lipinski definition) is 0. The minimum absolute atomic E-state index is 0.0812. The minimum Gasteiger partial charge on any atom is -0.310 e. The molecule has 0 saturated heterocycles. The Bertz CT molecular complexity index is 4570. The number of fused-ring (bicyclic) bond motifs is 12. The van der Waals surface area contributed by atoms with Crippen LogP contribution in [0.3, 0.4) is 0 Å². The summed E-state index contributed by atoms with van der Waals surface area (Å²) < 4.78 is 2.44. The van der Waals surface area contributed by atoms with Crippen LogP contribution < -0.4 is 4.90 Å². The first kappa shape index (κ1) is 44.7. The van der Waals surface area contributed by atoms with Crippen LogP contribution >= 0.6 is 0 Å². The zero-order chi connectivity index (χ0) is 51.2. The molecule has 1 heterocycles. The molecule has 0 atom stereocenters. The molecule has 1 aliphatic carbocycles. The molecule has 0 unspecified atom stereocenters. The number of aromatic nitrogens is 1. The Balaban J connectivity index is 0.857. The van der Waals surface area contributed by atoms with Crippen molar-refractivity contribution in [1.29, 1.82) is 0 Å². The van der Waals surface area contributed by atoms with Crippen molar-refractivity contribution in [3.05, 3.63) is 290 Å². The molecule has 0 saturated carbocycles. The fourth-order valence-electron chi connectivity index (χ4n) is 12.7. The molecule has 14 aromatic rings. The van der Waals surface area contributed by atoms with Crippen LogP contribution in [0.5, 0.6) is 0 Å². The molecule has 1 aliphatic rings. The molecule has 2 nitrogen and oxygen atoms in total. The molecular formula is C75H52N2. The summed E-state index contributed by atoms with van der Waals surface area (Å²) >= 11 is 0. The fourth-order valence-corrected chi connectivity index (χ4v) is 12.7. The molecule has 0 fully saturated rings. The lowest BCUT2D eigenvalue weighted by molar-refractivity contribution is 0.660. The van der Waals surface area contributed by atoms with E-state index < -0.39 is 0 Å². The van der Waals surface area contributed by atoms with Gasteiger partial charge in [-0.1, -0.05) is 214 Å². The van der Waals surface area contributed by atoms with E-state index in [1.807, 2.05) is 0 Å². The molecule has 1 aromatic heterocycles. The molecule has 0 amide bonds. The Kier molecular flexibility index (Phi) is 10.3.